The lowest BCUT2D eigenvalue weighted by Gasteiger charge is -2.31. The van der Waals surface area contributed by atoms with E-state index in [9.17, 15) is 5.11 Å². The molecular formula is C7H13NO3. The van der Waals surface area contributed by atoms with Crippen molar-refractivity contribution < 1.29 is 14.6 Å². The second-order valence-corrected chi connectivity index (χ2v) is 3.08. The Morgan fingerprint density at radius 2 is 2.36 bits per heavy atom. The zero-order valence-corrected chi connectivity index (χ0v) is 6.49. The van der Waals surface area contributed by atoms with Gasteiger partial charge in [-0.05, 0) is 7.05 Å². The normalized spacial score (nSPS) is 49.6. The third-order valence-corrected chi connectivity index (χ3v) is 2.32. The maximum atomic E-state index is 9.53. The first-order chi connectivity index (χ1) is 5.31. The summed E-state index contributed by atoms with van der Waals surface area (Å²) in [5, 5.41) is 12.5. The summed E-state index contributed by atoms with van der Waals surface area (Å²) in [6, 6.07) is -0.0613. The van der Waals surface area contributed by atoms with Gasteiger partial charge in [0, 0.05) is 6.42 Å². The molecule has 2 saturated heterocycles. The monoisotopic (exact) mass is 159 g/mol. The highest BCUT2D eigenvalue weighted by molar-refractivity contribution is 4.89. The highest BCUT2D eigenvalue weighted by Crippen LogP contribution is 2.26. The lowest BCUT2D eigenvalue weighted by Crippen LogP contribution is -2.51. The molecule has 0 radical (unpaired) electrons. The molecule has 4 nitrogen and oxygen atoms in total. The molecule has 0 aromatic rings. The third kappa shape index (κ3) is 1.16. The molecule has 2 fully saturated rings. The van der Waals surface area contributed by atoms with Crippen molar-refractivity contribution in [3.05, 3.63) is 0 Å². The molecule has 2 bridgehead atoms. The first-order valence-corrected chi connectivity index (χ1v) is 3.93. The Kier molecular flexibility index (Phi) is 1.85. The third-order valence-electron chi connectivity index (χ3n) is 2.32. The minimum atomic E-state index is -0.328. The van der Waals surface area contributed by atoms with Crippen LogP contribution in [0.4, 0.5) is 0 Å². The van der Waals surface area contributed by atoms with Gasteiger partial charge in [-0.2, -0.15) is 0 Å². The Hall–Kier alpha value is -0.160. The van der Waals surface area contributed by atoms with Gasteiger partial charge in [0.05, 0.1) is 24.9 Å². The molecule has 11 heavy (non-hydrogen) atoms. The second kappa shape index (κ2) is 2.71. The molecule has 0 saturated carbocycles. The molecule has 2 rings (SSSR count). The number of rotatable bonds is 1. The summed E-state index contributed by atoms with van der Waals surface area (Å²) in [5.41, 5.74) is 0. The van der Waals surface area contributed by atoms with Gasteiger partial charge in [0.1, 0.15) is 0 Å². The number of ether oxygens (including phenoxy) is 2. The van der Waals surface area contributed by atoms with Gasteiger partial charge in [-0.25, -0.2) is 0 Å². The number of likely N-dealkylation sites (N-methyl/N-ethyl adjacent to an activating group) is 1. The Morgan fingerprint density at radius 1 is 1.55 bits per heavy atom. The topological polar surface area (TPSA) is 50.7 Å². The molecule has 2 aliphatic rings. The number of fused-ring (bicyclic) bond motifs is 2. The van der Waals surface area contributed by atoms with Gasteiger partial charge in [0.15, 0.2) is 6.29 Å². The summed E-state index contributed by atoms with van der Waals surface area (Å²) in [4.78, 5) is 0. The van der Waals surface area contributed by atoms with Crippen LogP contribution >= 0.6 is 0 Å². The fourth-order valence-corrected chi connectivity index (χ4v) is 1.71. The maximum Gasteiger partial charge on any atom is 0.175 e. The van der Waals surface area contributed by atoms with Gasteiger partial charge in [-0.15, -0.1) is 0 Å². The van der Waals surface area contributed by atoms with Crippen LogP contribution in [0, 0.1) is 0 Å². The molecule has 2 N–H and O–H groups in total. The summed E-state index contributed by atoms with van der Waals surface area (Å²) < 4.78 is 10.7. The number of hydrogen-bond donors (Lipinski definition) is 2. The number of aliphatic hydroxyl groups excluding tert-OH is 1. The number of nitrogens with one attached hydrogen (secondary N) is 1. The van der Waals surface area contributed by atoms with E-state index >= 15 is 0 Å². The van der Waals surface area contributed by atoms with Gasteiger partial charge in [-0.3, -0.25) is 0 Å². The van der Waals surface area contributed by atoms with Crippen LogP contribution in [0.25, 0.3) is 0 Å². The molecule has 2 unspecified atom stereocenters. The van der Waals surface area contributed by atoms with Crippen LogP contribution in [0.3, 0.4) is 0 Å². The van der Waals surface area contributed by atoms with E-state index < -0.39 is 0 Å². The van der Waals surface area contributed by atoms with Crippen LogP contribution in [0.15, 0.2) is 0 Å². The van der Waals surface area contributed by atoms with Crippen LogP contribution < -0.4 is 5.32 Å². The highest BCUT2D eigenvalue weighted by Gasteiger charge is 2.42. The predicted molar refractivity (Wildman–Crippen MR) is 38.1 cm³/mol. The molecular weight excluding hydrogens is 146 g/mol. The van der Waals surface area contributed by atoms with Gasteiger partial charge in [-0.1, -0.05) is 0 Å². The molecule has 4 atom stereocenters. The van der Waals surface area contributed by atoms with E-state index in [1.807, 2.05) is 0 Å². The highest BCUT2D eigenvalue weighted by atomic mass is 16.7. The molecule has 0 spiro atoms. The van der Waals surface area contributed by atoms with Gasteiger partial charge >= 0.3 is 0 Å². The SMILES string of the molecule is CNC1[C@H]2OCC(C[C@@H]1O)O2. The number of hydrogen-bond acceptors (Lipinski definition) is 4. The van der Waals surface area contributed by atoms with E-state index in [4.69, 9.17) is 9.47 Å². The molecule has 0 aromatic heterocycles. The Labute approximate surface area is 65.5 Å². The van der Waals surface area contributed by atoms with E-state index in [2.05, 4.69) is 5.32 Å². The first-order valence-electron chi connectivity index (χ1n) is 3.93. The zero-order chi connectivity index (χ0) is 7.84. The van der Waals surface area contributed by atoms with Crippen molar-refractivity contribution in [3.63, 3.8) is 0 Å². The molecule has 0 aromatic carbocycles. The quantitative estimate of drug-likeness (QED) is 0.519. The lowest BCUT2D eigenvalue weighted by molar-refractivity contribution is -0.138. The van der Waals surface area contributed by atoms with Crippen LogP contribution in [0.5, 0.6) is 0 Å². The molecule has 2 heterocycles. The smallest absolute Gasteiger partial charge is 0.175 e. The standard InChI is InChI=1S/C7H13NO3/c1-8-6-5(9)2-4-3-10-7(6)11-4/h4-9H,2-3H2,1H3/t4?,5-,6?,7-/m0/s1. The summed E-state index contributed by atoms with van der Waals surface area (Å²) in [6.45, 7) is 0.625. The van der Waals surface area contributed by atoms with Crippen molar-refractivity contribution in [2.45, 2.75) is 31.0 Å². The number of aliphatic hydroxyl groups is 1. The summed E-state index contributed by atoms with van der Waals surface area (Å²) >= 11 is 0. The van der Waals surface area contributed by atoms with Crippen LogP contribution in [-0.2, 0) is 9.47 Å². The molecule has 64 valence electrons. The minimum Gasteiger partial charge on any atom is -0.391 e. The van der Waals surface area contributed by atoms with Gasteiger partial charge < -0.3 is 19.9 Å². The molecule has 0 amide bonds. The fourth-order valence-electron chi connectivity index (χ4n) is 1.71. The Balaban J connectivity index is 2.07. The van der Waals surface area contributed by atoms with Crippen molar-refractivity contribution in [2.75, 3.05) is 13.7 Å². The van der Waals surface area contributed by atoms with Gasteiger partial charge in [0.2, 0.25) is 0 Å². The van der Waals surface area contributed by atoms with Crippen molar-refractivity contribution in [3.8, 4) is 0 Å². The van der Waals surface area contributed by atoms with Gasteiger partial charge in [0.25, 0.3) is 0 Å². The maximum absolute atomic E-state index is 9.53. The van der Waals surface area contributed by atoms with Crippen molar-refractivity contribution in [1.29, 1.82) is 0 Å². The lowest BCUT2D eigenvalue weighted by atomic mass is 10.0. The molecule has 4 heteroatoms. The van der Waals surface area contributed by atoms with Crippen LogP contribution in [0.1, 0.15) is 6.42 Å². The van der Waals surface area contributed by atoms with E-state index in [0.717, 1.165) is 0 Å². The molecule has 0 aliphatic carbocycles. The van der Waals surface area contributed by atoms with Crippen molar-refractivity contribution >= 4 is 0 Å². The van der Waals surface area contributed by atoms with E-state index in [0.29, 0.717) is 13.0 Å². The summed E-state index contributed by atoms with van der Waals surface area (Å²) in [5.74, 6) is 0. The fraction of sp³-hybridized carbons (Fsp3) is 1.00. The Morgan fingerprint density at radius 3 is 3.09 bits per heavy atom. The molecule has 2 aliphatic heterocycles. The van der Waals surface area contributed by atoms with Crippen LogP contribution in [0.2, 0.25) is 0 Å². The van der Waals surface area contributed by atoms with E-state index in [-0.39, 0.29) is 24.5 Å². The van der Waals surface area contributed by atoms with E-state index in [1.54, 1.807) is 7.05 Å². The predicted octanol–water partition coefficient (Wildman–Crippen LogP) is -0.920. The van der Waals surface area contributed by atoms with Crippen molar-refractivity contribution in [2.24, 2.45) is 0 Å². The zero-order valence-electron chi connectivity index (χ0n) is 6.49. The van der Waals surface area contributed by atoms with Crippen molar-refractivity contribution in [1.82, 2.24) is 5.32 Å². The summed E-state index contributed by atoms with van der Waals surface area (Å²) in [6.07, 6.45) is 0.224. The summed E-state index contributed by atoms with van der Waals surface area (Å²) in [7, 11) is 1.80. The average Bonchev–Trinajstić information content (AvgIpc) is 2.34. The minimum absolute atomic E-state index is 0.0613. The van der Waals surface area contributed by atoms with E-state index in [1.165, 1.54) is 0 Å². The average molecular weight is 159 g/mol. The van der Waals surface area contributed by atoms with Crippen LogP contribution in [-0.4, -0.2) is 43.3 Å². The largest absolute Gasteiger partial charge is 0.391 e. The Bertz CT molecular complexity index is 153. The second-order valence-electron chi connectivity index (χ2n) is 3.08. The first kappa shape index (κ1) is 7.49.